The molecule has 49 heteroatoms. The predicted octanol–water partition coefficient (Wildman–Crippen LogP) is 17.3. The summed E-state index contributed by atoms with van der Waals surface area (Å²) in [4.78, 5) is 61.7. The number of sulfonamides is 3. The number of terminal acetylenes is 3. The van der Waals surface area contributed by atoms with Crippen LogP contribution in [-0.2, 0) is 103 Å². The Morgan fingerprint density at radius 2 is 0.694 bits per heavy atom. The first-order chi connectivity index (χ1) is 68.4. The Labute approximate surface area is 845 Å². The summed E-state index contributed by atoms with van der Waals surface area (Å²) < 4.78 is 302. The number of ether oxygens (including phenoxy) is 6. The molecule has 778 valence electrons. The van der Waals surface area contributed by atoms with Crippen molar-refractivity contribution in [3.8, 4) is 93.8 Å². The molecule has 9 N–H and O–H groups in total. The Kier molecular flexibility index (Phi) is 46.2. The van der Waals surface area contributed by atoms with Gasteiger partial charge in [-0.2, -0.15) is 52.7 Å². The lowest BCUT2D eigenvalue weighted by Gasteiger charge is -2.12. The first-order valence-electron chi connectivity index (χ1n) is 41.4. The maximum atomic E-state index is 14.5. The van der Waals surface area contributed by atoms with Crippen molar-refractivity contribution in [1.82, 2.24) is 30.6 Å². The van der Waals surface area contributed by atoms with E-state index in [0.29, 0.717) is 56.3 Å². The Hall–Kier alpha value is -15.4. The number of methoxy groups -OCH3 is 4. The molecule has 0 spiro atoms. The molecule has 147 heavy (non-hydrogen) atoms. The summed E-state index contributed by atoms with van der Waals surface area (Å²) in [6, 6.07) is 41.1. The molecule has 0 saturated carbocycles. The highest BCUT2D eigenvalue weighted by Crippen LogP contribution is 2.39. The number of halogens is 17. The van der Waals surface area contributed by atoms with Crippen molar-refractivity contribution < 1.29 is 149 Å². The SMILES string of the molecule is C#Cc1cc(CN)cc(F)c1NS(C)(=O)=O.C#Cc1cc(CNC(=O)/C=C/c2ccc(C(F)(F)F)nc2-c2cccc(OC)c2)cc(F)c1NS(C)(=O)=O.C#Cc1cc(CNC(=O)/C=C/c2ccc(C(F)(F)F)nc2-c2cccc(OC)c2)cc(F)c1NS(C)(=O)=O.CCOC(=O)/C=C/c1ccc(C(F)(F)F)nc1-c1cccc(OC)c1.CCOC(=O)/C=C/c1ccc(C(F)(F)F)nc1Cl.COc1cccc(B(O)O)c1.Cl. The van der Waals surface area contributed by atoms with Gasteiger partial charge >= 0.3 is 43.8 Å². The van der Waals surface area contributed by atoms with Gasteiger partial charge in [0.15, 0.2) is 0 Å². The van der Waals surface area contributed by atoms with Crippen molar-refractivity contribution in [3.05, 3.63) is 307 Å². The summed E-state index contributed by atoms with van der Waals surface area (Å²) in [5.74, 6) is 3.46. The average Bonchev–Trinajstić information content (AvgIpc) is 0.810. The second-order valence-corrected chi connectivity index (χ2v) is 35.0. The fourth-order valence-corrected chi connectivity index (χ4v) is 13.8. The minimum absolute atomic E-state index is 0. The summed E-state index contributed by atoms with van der Waals surface area (Å²) in [5, 5.41) is 22.2. The number of anilines is 3. The second kappa shape index (κ2) is 55.6. The van der Waals surface area contributed by atoms with Crippen LogP contribution < -0.4 is 54.9 Å². The molecule has 11 aromatic rings. The molecule has 0 saturated heterocycles. The third kappa shape index (κ3) is 40.3. The van der Waals surface area contributed by atoms with Crippen LogP contribution in [0.5, 0.6) is 23.0 Å². The standard InChI is InChI=1S/2C26H21F4N3O4S.C18H16F3NO3.C11H9ClF3NO2.C10H11FN2O2S.C7H9BO3.ClH/c2*1-4-17-12-16(13-21(27)25(17)33-38(3,35)36)15-31-23(34)11-9-18-8-10-22(26(28,29)30)32-24(18)19-6-5-7-20(14-19)37-2;1-3-25-16(23)10-8-12-7-9-15(18(19,20)21)22-17(12)13-5-4-6-14(11-13)24-2;1-2-18-9(17)6-4-7-3-5-8(11(13,14)15)16-10(7)12;1-3-8-4-7(6-12)5-9(11)10(8)13-16(2,14)15;1-11-7-4-2-3-6(5-7)8(9)10;/h2*1,5-14,33H,15H2,2-3H3,(H,31,34);4-11H,3H2,1-2H3;3-6H,2H2,1H3;1,4-5,13H,6,12H2,2H3;2-5,9-10H,1H3;1H/b2*11-9+;10-8+;6-4+;;;. The zero-order valence-corrected chi connectivity index (χ0v) is 82.3. The van der Waals surface area contributed by atoms with Gasteiger partial charge in [0.2, 0.25) is 41.9 Å². The van der Waals surface area contributed by atoms with Gasteiger partial charge in [-0.25, -0.2) is 67.9 Å². The van der Waals surface area contributed by atoms with Crippen LogP contribution in [0.15, 0.2) is 206 Å². The lowest BCUT2D eigenvalue weighted by atomic mass is 9.80. The summed E-state index contributed by atoms with van der Waals surface area (Å²) in [6.07, 6.45) is 9.64. The van der Waals surface area contributed by atoms with E-state index < -0.39 is 126 Å². The maximum Gasteiger partial charge on any atom is 0.488 e. The first-order valence-corrected chi connectivity index (χ1v) is 47.5. The van der Waals surface area contributed by atoms with E-state index in [2.05, 4.69) is 53.1 Å². The fraction of sp³-hybridized carbons (Fsp3) is 0.184. The number of amides is 2. The van der Waals surface area contributed by atoms with Crippen molar-refractivity contribution in [2.24, 2.45) is 5.73 Å². The molecule has 0 aliphatic rings. The highest BCUT2D eigenvalue weighted by atomic mass is 35.5. The number of alkyl halides is 12. The van der Waals surface area contributed by atoms with Crippen molar-refractivity contribution in [2.45, 2.75) is 58.2 Å². The van der Waals surface area contributed by atoms with E-state index >= 15 is 0 Å². The van der Waals surface area contributed by atoms with Crippen LogP contribution in [-0.4, -0.2) is 147 Å². The summed E-state index contributed by atoms with van der Waals surface area (Å²) in [6.45, 7) is 3.51. The molecule has 0 bridgehead atoms. The average molecular weight is 2160 g/mol. The molecule has 0 fully saturated rings. The zero-order valence-electron chi connectivity index (χ0n) is 78.3. The van der Waals surface area contributed by atoms with Crippen LogP contribution in [0.3, 0.4) is 0 Å². The molecule has 4 heterocycles. The largest absolute Gasteiger partial charge is 0.497 e. The number of hydrogen-bond donors (Lipinski definition) is 8. The molecule has 28 nitrogen and oxygen atoms in total. The molecule has 2 amide bonds. The van der Waals surface area contributed by atoms with Gasteiger partial charge in [0.25, 0.3) is 0 Å². The molecule has 0 atom stereocenters. The number of carbonyl (C=O) groups excluding carboxylic acids is 4. The van der Waals surface area contributed by atoms with Crippen LogP contribution in [0.2, 0.25) is 5.15 Å². The van der Waals surface area contributed by atoms with Crippen LogP contribution in [0.1, 0.15) is 92.3 Å². The Morgan fingerprint density at radius 3 is 0.973 bits per heavy atom. The minimum Gasteiger partial charge on any atom is -0.497 e. The van der Waals surface area contributed by atoms with Gasteiger partial charge in [-0.3, -0.25) is 23.8 Å². The van der Waals surface area contributed by atoms with Crippen LogP contribution >= 0.6 is 24.0 Å². The third-order valence-corrected chi connectivity index (χ3v) is 20.4. The van der Waals surface area contributed by atoms with Gasteiger partial charge in [0.05, 0.1) is 111 Å². The van der Waals surface area contributed by atoms with E-state index in [1.54, 1.807) is 98.8 Å². The number of esters is 2. The number of rotatable bonds is 29. The Balaban J connectivity index is 0.000000325. The van der Waals surface area contributed by atoms with E-state index in [1.807, 2.05) is 14.2 Å². The Bertz CT molecular complexity index is 6940. The van der Waals surface area contributed by atoms with Gasteiger partial charge in [-0.15, -0.1) is 31.7 Å². The number of nitrogens with one attached hydrogen (secondary N) is 5. The molecule has 4 aromatic heterocycles. The smallest absolute Gasteiger partial charge is 0.488 e. The van der Waals surface area contributed by atoms with E-state index in [9.17, 15) is 110 Å². The summed E-state index contributed by atoms with van der Waals surface area (Å²) in [5.41, 5.74) is 3.73. The number of aromatic nitrogens is 4. The topological polar surface area (TPSA) is 404 Å². The number of nitrogens with zero attached hydrogens (tertiary/aromatic N) is 4. The third-order valence-electron chi connectivity index (χ3n) is 18.4. The quantitative estimate of drug-likeness (QED) is 0.00539. The van der Waals surface area contributed by atoms with Gasteiger partial charge in [-0.05, 0) is 176 Å². The van der Waals surface area contributed by atoms with E-state index in [4.69, 9.17) is 70.3 Å². The predicted molar refractivity (Wildman–Crippen MR) is 527 cm³/mol. The highest BCUT2D eigenvalue weighted by molar-refractivity contribution is 7.92. The van der Waals surface area contributed by atoms with Crippen LogP contribution in [0, 0.1) is 54.5 Å². The van der Waals surface area contributed by atoms with Crippen molar-refractivity contribution in [1.29, 1.82) is 0 Å². The highest BCUT2D eigenvalue weighted by Gasteiger charge is 2.37. The minimum atomic E-state index is -4.67. The van der Waals surface area contributed by atoms with E-state index in [-0.39, 0.29) is 129 Å². The number of nitrogens with two attached hydrogens (primary N) is 1. The van der Waals surface area contributed by atoms with E-state index in [1.165, 1.54) is 101 Å². The molecule has 7 aromatic carbocycles. The molecule has 0 aliphatic heterocycles. The molecular formula is C98H88BCl2F15N10O18S3. The number of carbonyl (C=O) groups is 4. The lowest BCUT2D eigenvalue weighted by Crippen LogP contribution is -2.29. The van der Waals surface area contributed by atoms with Crippen LogP contribution in [0.4, 0.5) is 82.9 Å². The summed E-state index contributed by atoms with van der Waals surface area (Å²) >= 11 is 5.58. The van der Waals surface area contributed by atoms with Gasteiger partial charge in [-0.1, -0.05) is 96.1 Å². The first kappa shape index (κ1) is 122. The Morgan fingerprint density at radius 1 is 0.415 bits per heavy atom. The fourth-order valence-electron chi connectivity index (χ4n) is 11.9. The molecular weight excluding hydrogens is 2070 g/mol. The van der Waals surface area contributed by atoms with Crippen molar-refractivity contribution in [3.63, 3.8) is 0 Å². The second-order valence-electron chi connectivity index (χ2n) is 29.4. The van der Waals surface area contributed by atoms with Crippen LogP contribution in [0.25, 0.3) is 58.1 Å². The van der Waals surface area contributed by atoms with Gasteiger partial charge < -0.3 is 54.8 Å². The van der Waals surface area contributed by atoms with Gasteiger partial charge in [0, 0.05) is 82.9 Å². The maximum absolute atomic E-state index is 14.5. The number of pyridine rings is 4. The monoisotopic (exact) mass is 2150 g/mol. The normalized spacial score (nSPS) is 11.4. The molecule has 0 aliphatic carbocycles. The number of benzene rings is 7. The van der Waals surface area contributed by atoms with Gasteiger partial charge in [0.1, 0.15) is 68.4 Å². The molecule has 0 unspecified atom stereocenters. The van der Waals surface area contributed by atoms with E-state index in [0.717, 1.165) is 91.6 Å². The molecule has 11 rings (SSSR count). The van der Waals surface area contributed by atoms with Crippen molar-refractivity contribution in [2.75, 3.05) is 74.6 Å². The number of hydrogen-bond acceptors (Lipinski definition) is 23. The van der Waals surface area contributed by atoms with Crippen molar-refractivity contribution >= 4 is 132 Å². The zero-order chi connectivity index (χ0) is 109. The summed E-state index contributed by atoms with van der Waals surface area (Å²) in [7, 11) is -6.74. The lowest BCUT2D eigenvalue weighted by molar-refractivity contribution is -0.141. The molecule has 0 radical (unpaired) electrons.